The molecule has 1 aliphatic heterocycles. The van der Waals surface area contributed by atoms with Crippen molar-refractivity contribution in [2.75, 3.05) is 12.1 Å². The number of nitro groups is 1. The van der Waals surface area contributed by atoms with Crippen LogP contribution in [0.2, 0.25) is 0 Å². The van der Waals surface area contributed by atoms with Crippen molar-refractivity contribution < 1.29 is 19.2 Å². The number of fused-ring (bicyclic) bond motifs is 1. The number of carbonyl (C=O) groups is 1. The second-order valence-electron chi connectivity index (χ2n) is 4.85. The first kappa shape index (κ1) is 16.0. The van der Waals surface area contributed by atoms with E-state index in [4.69, 9.17) is 9.47 Å². The van der Waals surface area contributed by atoms with Gasteiger partial charge in [0.25, 0.3) is 5.69 Å². The van der Waals surface area contributed by atoms with E-state index < -0.39 is 10.8 Å². The minimum absolute atomic E-state index is 0.0176. The molecule has 7 nitrogen and oxygen atoms in total. The number of nitro benzene ring substituents is 1. The molecule has 0 saturated heterocycles. The summed E-state index contributed by atoms with van der Waals surface area (Å²) in [6.45, 7) is 0.0176. The van der Waals surface area contributed by atoms with Crippen molar-refractivity contribution >= 4 is 39.3 Å². The van der Waals surface area contributed by atoms with Gasteiger partial charge in [0.2, 0.25) is 12.7 Å². The molecule has 0 aliphatic carbocycles. The number of amides is 1. The Morgan fingerprint density at radius 1 is 1.21 bits per heavy atom. The zero-order valence-electron chi connectivity index (χ0n) is 12.2. The van der Waals surface area contributed by atoms with E-state index in [2.05, 4.69) is 21.2 Å². The van der Waals surface area contributed by atoms with Gasteiger partial charge in [0, 0.05) is 16.2 Å². The highest BCUT2D eigenvalue weighted by molar-refractivity contribution is 9.10. The average molecular weight is 391 g/mol. The predicted octanol–water partition coefficient (Wildman–Crippen LogP) is 3.74. The summed E-state index contributed by atoms with van der Waals surface area (Å²) in [6, 6.07) is 9.82. The molecule has 24 heavy (non-hydrogen) atoms. The van der Waals surface area contributed by atoms with Crippen molar-refractivity contribution in [3.05, 3.63) is 62.6 Å². The fourth-order valence-corrected chi connectivity index (χ4v) is 2.39. The summed E-state index contributed by atoms with van der Waals surface area (Å²) in [7, 11) is 0. The van der Waals surface area contributed by atoms with Gasteiger partial charge in [-0.3, -0.25) is 14.9 Å². The van der Waals surface area contributed by atoms with Crippen LogP contribution in [0.15, 0.2) is 46.9 Å². The summed E-state index contributed by atoms with van der Waals surface area (Å²) in [5, 5.41) is 13.8. The van der Waals surface area contributed by atoms with E-state index >= 15 is 0 Å². The summed E-state index contributed by atoms with van der Waals surface area (Å²) in [5.41, 5.74) is 0.718. The third-order valence-electron chi connectivity index (χ3n) is 3.24. The van der Waals surface area contributed by atoms with Crippen LogP contribution in [0.25, 0.3) is 6.08 Å². The zero-order valence-corrected chi connectivity index (χ0v) is 13.8. The van der Waals surface area contributed by atoms with Crippen LogP contribution in [0.4, 0.5) is 11.4 Å². The Bertz CT molecular complexity index is 833. The van der Waals surface area contributed by atoms with Gasteiger partial charge in [0.1, 0.15) is 0 Å². The van der Waals surface area contributed by atoms with Crippen molar-refractivity contribution in [3.63, 3.8) is 0 Å². The SMILES string of the molecule is O=C(/C=C/c1cc2c(cc1[N+](=O)[O-])OCO2)Nc1ccc(Br)cc1. The molecule has 0 unspecified atom stereocenters. The molecular weight excluding hydrogens is 380 g/mol. The van der Waals surface area contributed by atoms with Crippen molar-refractivity contribution in [2.24, 2.45) is 0 Å². The van der Waals surface area contributed by atoms with E-state index in [9.17, 15) is 14.9 Å². The van der Waals surface area contributed by atoms with Crippen LogP contribution in [-0.4, -0.2) is 17.6 Å². The summed E-state index contributed by atoms with van der Waals surface area (Å²) in [6.07, 6.45) is 2.60. The van der Waals surface area contributed by atoms with Crippen LogP contribution in [-0.2, 0) is 4.79 Å². The van der Waals surface area contributed by atoms with Gasteiger partial charge in [-0.2, -0.15) is 0 Å². The summed E-state index contributed by atoms with van der Waals surface area (Å²) in [4.78, 5) is 22.6. The highest BCUT2D eigenvalue weighted by Gasteiger charge is 2.22. The normalized spacial score (nSPS) is 12.4. The highest BCUT2D eigenvalue weighted by Crippen LogP contribution is 2.38. The van der Waals surface area contributed by atoms with Gasteiger partial charge < -0.3 is 14.8 Å². The van der Waals surface area contributed by atoms with Crippen LogP contribution < -0.4 is 14.8 Å². The lowest BCUT2D eigenvalue weighted by atomic mass is 10.1. The molecule has 0 saturated carbocycles. The van der Waals surface area contributed by atoms with Crippen molar-refractivity contribution in [2.45, 2.75) is 0 Å². The molecule has 8 heteroatoms. The number of carbonyl (C=O) groups excluding carboxylic acids is 1. The van der Waals surface area contributed by atoms with Crippen molar-refractivity contribution in [3.8, 4) is 11.5 Å². The number of nitrogens with zero attached hydrogens (tertiary/aromatic N) is 1. The van der Waals surface area contributed by atoms with Gasteiger partial charge in [-0.15, -0.1) is 0 Å². The van der Waals surface area contributed by atoms with E-state index in [1.807, 2.05) is 0 Å². The maximum atomic E-state index is 12.0. The topological polar surface area (TPSA) is 90.7 Å². The lowest BCUT2D eigenvalue weighted by Gasteiger charge is -2.03. The molecule has 1 N–H and O–H groups in total. The van der Waals surface area contributed by atoms with Gasteiger partial charge in [0.05, 0.1) is 16.6 Å². The molecule has 2 aromatic carbocycles. The third-order valence-corrected chi connectivity index (χ3v) is 3.77. The Morgan fingerprint density at radius 2 is 1.88 bits per heavy atom. The van der Waals surface area contributed by atoms with Crippen LogP contribution >= 0.6 is 15.9 Å². The first-order valence-corrected chi connectivity index (χ1v) is 7.65. The number of ether oxygens (including phenoxy) is 2. The first-order valence-electron chi connectivity index (χ1n) is 6.85. The largest absolute Gasteiger partial charge is 0.454 e. The fraction of sp³-hybridized carbons (Fsp3) is 0.0625. The van der Waals surface area contributed by atoms with E-state index in [1.165, 1.54) is 24.3 Å². The lowest BCUT2D eigenvalue weighted by Crippen LogP contribution is -2.07. The maximum Gasteiger partial charge on any atom is 0.280 e. The Balaban J connectivity index is 1.79. The summed E-state index contributed by atoms with van der Waals surface area (Å²) in [5.74, 6) is 0.330. The Morgan fingerprint density at radius 3 is 2.54 bits per heavy atom. The second-order valence-corrected chi connectivity index (χ2v) is 5.77. The smallest absolute Gasteiger partial charge is 0.280 e. The molecule has 0 spiro atoms. The summed E-state index contributed by atoms with van der Waals surface area (Å²) >= 11 is 3.31. The molecule has 3 rings (SSSR count). The van der Waals surface area contributed by atoms with Gasteiger partial charge >= 0.3 is 0 Å². The summed E-state index contributed by atoms with van der Waals surface area (Å²) < 4.78 is 11.2. The second kappa shape index (κ2) is 6.71. The van der Waals surface area contributed by atoms with Gasteiger partial charge in [0.15, 0.2) is 11.5 Å². The monoisotopic (exact) mass is 390 g/mol. The lowest BCUT2D eigenvalue weighted by molar-refractivity contribution is -0.385. The van der Waals surface area contributed by atoms with Gasteiger partial charge in [-0.1, -0.05) is 15.9 Å². The van der Waals surface area contributed by atoms with Crippen LogP contribution in [0.1, 0.15) is 5.56 Å². The van der Waals surface area contributed by atoms with Crippen molar-refractivity contribution in [1.29, 1.82) is 0 Å². The Hall–Kier alpha value is -2.87. The number of nitrogens with one attached hydrogen (secondary N) is 1. The molecular formula is C16H11BrN2O5. The number of benzene rings is 2. The number of anilines is 1. The van der Waals surface area contributed by atoms with Crippen LogP contribution in [0, 0.1) is 10.1 Å². The minimum atomic E-state index is -0.533. The highest BCUT2D eigenvalue weighted by atomic mass is 79.9. The molecule has 0 fully saturated rings. The van der Waals surface area contributed by atoms with Gasteiger partial charge in [-0.25, -0.2) is 0 Å². The number of hydrogen-bond acceptors (Lipinski definition) is 5. The molecule has 0 bridgehead atoms. The predicted molar refractivity (Wildman–Crippen MR) is 91.0 cm³/mol. The van der Waals surface area contributed by atoms with E-state index in [-0.39, 0.29) is 18.0 Å². The number of rotatable bonds is 4. The quantitative estimate of drug-likeness (QED) is 0.487. The molecule has 1 amide bonds. The molecule has 0 radical (unpaired) electrons. The Labute approximate surface area is 145 Å². The van der Waals surface area contributed by atoms with Gasteiger partial charge in [-0.05, 0) is 36.4 Å². The molecule has 2 aromatic rings. The van der Waals surface area contributed by atoms with E-state index in [0.29, 0.717) is 17.2 Å². The van der Waals surface area contributed by atoms with Crippen LogP contribution in [0.5, 0.6) is 11.5 Å². The minimum Gasteiger partial charge on any atom is -0.454 e. The number of halogens is 1. The first-order chi connectivity index (χ1) is 11.5. The molecule has 1 aliphatic rings. The standard InChI is InChI=1S/C16H11BrN2O5/c17-11-2-4-12(5-3-11)18-16(20)6-1-10-7-14-15(24-9-23-14)8-13(10)19(21)22/h1-8H,9H2,(H,18,20)/b6-1+. The van der Waals surface area contributed by atoms with E-state index in [0.717, 1.165) is 4.47 Å². The fourth-order valence-electron chi connectivity index (χ4n) is 2.12. The maximum absolute atomic E-state index is 12.0. The molecule has 122 valence electrons. The van der Waals surface area contributed by atoms with Crippen LogP contribution in [0.3, 0.4) is 0 Å². The number of hydrogen-bond donors (Lipinski definition) is 1. The molecule has 0 atom stereocenters. The van der Waals surface area contributed by atoms with E-state index in [1.54, 1.807) is 24.3 Å². The molecule has 0 aromatic heterocycles. The molecule has 1 heterocycles. The van der Waals surface area contributed by atoms with Crippen molar-refractivity contribution in [1.82, 2.24) is 0 Å². The zero-order chi connectivity index (χ0) is 17.1. The third kappa shape index (κ3) is 3.54. The Kier molecular flexibility index (Phi) is 4.48. The average Bonchev–Trinajstić information content (AvgIpc) is 3.01.